The summed E-state index contributed by atoms with van der Waals surface area (Å²) in [6, 6.07) is 8.10. The van der Waals surface area contributed by atoms with Crippen molar-refractivity contribution < 1.29 is 4.79 Å². The minimum atomic E-state index is -0.113. The van der Waals surface area contributed by atoms with Gasteiger partial charge >= 0.3 is 6.03 Å². The van der Waals surface area contributed by atoms with E-state index in [4.69, 9.17) is 11.6 Å². The first-order valence-corrected chi connectivity index (χ1v) is 7.65. The highest BCUT2D eigenvalue weighted by atomic mass is 35.5. The van der Waals surface area contributed by atoms with Crippen LogP contribution in [0.25, 0.3) is 0 Å². The van der Waals surface area contributed by atoms with Crippen LogP contribution < -0.4 is 10.6 Å². The van der Waals surface area contributed by atoms with Crippen LogP contribution in [0.2, 0.25) is 5.02 Å². The maximum atomic E-state index is 11.9. The zero-order chi connectivity index (χ0) is 14.6. The van der Waals surface area contributed by atoms with Crippen molar-refractivity contribution in [3.63, 3.8) is 0 Å². The van der Waals surface area contributed by atoms with Gasteiger partial charge in [-0.1, -0.05) is 50.4 Å². The third-order valence-electron chi connectivity index (χ3n) is 4.01. The van der Waals surface area contributed by atoms with Crippen molar-refractivity contribution in [2.24, 2.45) is 0 Å². The van der Waals surface area contributed by atoms with Crippen LogP contribution in [0, 0.1) is 0 Å². The van der Waals surface area contributed by atoms with Crippen LogP contribution in [0.4, 0.5) is 4.79 Å². The first kappa shape index (κ1) is 15.2. The molecule has 0 aromatic heterocycles. The molecule has 1 aliphatic carbocycles. The van der Waals surface area contributed by atoms with Crippen LogP contribution >= 0.6 is 11.6 Å². The number of carbonyl (C=O) groups is 1. The Hall–Kier alpha value is -1.22. The van der Waals surface area contributed by atoms with Crippen LogP contribution in [0.5, 0.6) is 0 Å². The zero-order valence-corrected chi connectivity index (χ0v) is 13.0. The predicted molar refractivity (Wildman–Crippen MR) is 83.3 cm³/mol. The second-order valence-corrected chi connectivity index (χ2v) is 6.64. The van der Waals surface area contributed by atoms with Crippen molar-refractivity contribution in [1.29, 1.82) is 0 Å². The van der Waals surface area contributed by atoms with E-state index in [0.717, 1.165) is 17.9 Å². The van der Waals surface area contributed by atoms with E-state index in [9.17, 15) is 4.79 Å². The molecule has 0 saturated heterocycles. The number of halogens is 1. The van der Waals surface area contributed by atoms with Gasteiger partial charge in [0.15, 0.2) is 0 Å². The molecule has 3 nitrogen and oxygen atoms in total. The van der Waals surface area contributed by atoms with E-state index in [-0.39, 0.29) is 11.4 Å². The second-order valence-electron chi connectivity index (χ2n) is 6.20. The van der Waals surface area contributed by atoms with E-state index in [1.165, 1.54) is 18.4 Å². The smallest absolute Gasteiger partial charge is 0.315 e. The molecule has 20 heavy (non-hydrogen) atoms. The molecule has 1 aromatic rings. The Balaban J connectivity index is 1.84. The minimum Gasteiger partial charge on any atom is -0.337 e. The molecule has 4 heteroatoms. The molecule has 1 aromatic carbocycles. The lowest BCUT2D eigenvalue weighted by molar-refractivity contribution is 0.234. The van der Waals surface area contributed by atoms with Crippen LogP contribution in [-0.4, -0.2) is 18.6 Å². The van der Waals surface area contributed by atoms with E-state index in [1.807, 2.05) is 24.3 Å². The first-order chi connectivity index (χ1) is 9.47. The summed E-state index contributed by atoms with van der Waals surface area (Å²) in [7, 11) is 0. The molecule has 1 fully saturated rings. The Labute approximate surface area is 126 Å². The Kier molecular flexibility index (Phi) is 4.92. The second kappa shape index (κ2) is 6.49. The van der Waals surface area contributed by atoms with Crippen LogP contribution in [-0.2, 0) is 5.41 Å². The highest BCUT2D eigenvalue weighted by Gasteiger charge is 2.22. The molecule has 110 valence electrons. The van der Waals surface area contributed by atoms with Crippen molar-refractivity contribution in [2.75, 3.05) is 6.54 Å². The SMILES string of the molecule is CC(C)(CNC(=O)NC1CCCC1)c1ccc(Cl)cc1. The van der Waals surface area contributed by atoms with E-state index in [1.54, 1.807) is 0 Å². The van der Waals surface area contributed by atoms with Crippen molar-refractivity contribution >= 4 is 17.6 Å². The van der Waals surface area contributed by atoms with Gasteiger partial charge in [0.2, 0.25) is 0 Å². The van der Waals surface area contributed by atoms with Crippen molar-refractivity contribution in [3.8, 4) is 0 Å². The molecule has 1 aliphatic rings. The normalized spacial score (nSPS) is 16.1. The molecule has 0 atom stereocenters. The van der Waals surface area contributed by atoms with Gasteiger partial charge in [0.1, 0.15) is 0 Å². The maximum Gasteiger partial charge on any atom is 0.315 e. The largest absolute Gasteiger partial charge is 0.337 e. The third-order valence-corrected chi connectivity index (χ3v) is 4.26. The van der Waals surface area contributed by atoms with E-state index < -0.39 is 0 Å². The summed E-state index contributed by atoms with van der Waals surface area (Å²) in [6.45, 7) is 4.84. The molecular formula is C16H23ClN2O. The molecule has 0 heterocycles. The van der Waals surface area contributed by atoms with Gasteiger partial charge in [-0.3, -0.25) is 0 Å². The van der Waals surface area contributed by atoms with Gasteiger partial charge in [-0.15, -0.1) is 0 Å². The molecule has 0 radical (unpaired) electrons. The summed E-state index contributed by atoms with van der Waals surface area (Å²) in [6.07, 6.45) is 4.66. The monoisotopic (exact) mass is 294 g/mol. The average molecular weight is 295 g/mol. The third kappa shape index (κ3) is 4.14. The van der Waals surface area contributed by atoms with Gasteiger partial charge in [-0.05, 0) is 30.5 Å². The number of hydrogen-bond acceptors (Lipinski definition) is 1. The van der Waals surface area contributed by atoms with E-state index >= 15 is 0 Å². The topological polar surface area (TPSA) is 41.1 Å². The van der Waals surface area contributed by atoms with Gasteiger partial charge < -0.3 is 10.6 Å². The first-order valence-electron chi connectivity index (χ1n) is 7.28. The fourth-order valence-corrected chi connectivity index (χ4v) is 2.74. The molecule has 1 saturated carbocycles. The van der Waals surface area contributed by atoms with E-state index in [0.29, 0.717) is 12.6 Å². The van der Waals surface area contributed by atoms with Gasteiger partial charge in [0, 0.05) is 23.0 Å². The number of carbonyl (C=O) groups excluding carboxylic acids is 1. The maximum absolute atomic E-state index is 11.9. The number of amides is 2. The lowest BCUT2D eigenvalue weighted by atomic mass is 9.85. The number of benzene rings is 1. The number of rotatable bonds is 4. The van der Waals surface area contributed by atoms with Gasteiger partial charge in [0.25, 0.3) is 0 Å². The lowest BCUT2D eigenvalue weighted by Gasteiger charge is -2.26. The van der Waals surface area contributed by atoms with Gasteiger partial charge in [-0.25, -0.2) is 4.79 Å². The average Bonchev–Trinajstić information content (AvgIpc) is 2.90. The summed E-state index contributed by atoms with van der Waals surface area (Å²) in [5.41, 5.74) is 1.06. The Morgan fingerprint density at radius 3 is 2.45 bits per heavy atom. The Bertz CT molecular complexity index is 450. The molecular weight excluding hydrogens is 272 g/mol. The van der Waals surface area contributed by atoms with Crippen molar-refractivity contribution in [3.05, 3.63) is 34.9 Å². The summed E-state index contributed by atoms with van der Waals surface area (Å²) in [4.78, 5) is 11.9. The summed E-state index contributed by atoms with van der Waals surface area (Å²) in [5, 5.41) is 6.75. The Morgan fingerprint density at radius 2 is 1.85 bits per heavy atom. The lowest BCUT2D eigenvalue weighted by Crippen LogP contribution is -2.45. The highest BCUT2D eigenvalue weighted by Crippen LogP contribution is 2.24. The van der Waals surface area contributed by atoms with Crippen molar-refractivity contribution in [1.82, 2.24) is 10.6 Å². The number of nitrogens with one attached hydrogen (secondary N) is 2. The van der Waals surface area contributed by atoms with Crippen LogP contribution in [0.15, 0.2) is 24.3 Å². The summed E-state index contributed by atoms with van der Waals surface area (Å²) < 4.78 is 0. The number of urea groups is 1. The molecule has 2 amide bonds. The molecule has 0 bridgehead atoms. The highest BCUT2D eigenvalue weighted by molar-refractivity contribution is 6.30. The van der Waals surface area contributed by atoms with Crippen molar-refractivity contribution in [2.45, 2.75) is 51.0 Å². The van der Waals surface area contributed by atoms with Gasteiger partial charge in [-0.2, -0.15) is 0 Å². The quantitative estimate of drug-likeness (QED) is 0.870. The molecule has 0 aliphatic heterocycles. The molecule has 0 unspecified atom stereocenters. The predicted octanol–water partition coefficient (Wildman–Crippen LogP) is 3.86. The number of hydrogen-bond donors (Lipinski definition) is 2. The zero-order valence-electron chi connectivity index (χ0n) is 12.2. The fourth-order valence-electron chi connectivity index (χ4n) is 2.61. The fraction of sp³-hybridized carbons (Fsp3) is 0.562. The summed E-state index contributed by atoms with van der Waals surface area (Å²) >= 11 is 5.90. The standard InChI is InChI=1S/C16H23ClN2O/c1-16(2,12-7-9-13(17)10-8-12)11-18-15(20)19-14-5-3-4-6-14/h7-10,14H,3-6,11H2,1-2H3,(H2,18,19,20). The molecule has 2 rings (SSSR count). The van der Waals surface area contributed by atoms with Gasteiger partial charge in [0.05, 0.1) is 0 Å². The minimum absolute atomic E-state index is 0.0565. The Morgan fingerprint density at radius 1 is 1.25 bits per heavy atom. The molecule has 0 spiro atoms. The summed E-state index contributed by atoms with van der Waals surface area (Å²) in [5.74, 6) is 0. The van der Waals surface area contributed by atoms with Crippen LogP contribution in [0.3, 0.4) is 0 Å². The molecule has 2 N–H and O–H groups in total. The van der Waals surface area contributed by atoms with Crippen LogP contribution in [0.1, 0.15) is 45.1 Å². The van der Waals surface area contributed by atoms with E-state index in [2.05, 4.69) is 24.5 Å².